The summed E-state index contributed by atoms with van der Waals surface area (Å²) in [7, 11) is 3.83. The molecule has 0 aliphatic carbocycles. The number of carbonyl (C=O) groups is 1. The molecular weight excluding hydrogens is 714 g/mol. The van der Waals surface area contributed by atoms with Crippen molar-refractivity contribution in [3.05, 3.63) is 61.0 Å². The summed E-state index contributed by atoms with van der Waals surface area (Å²) in [6.07, 6.45) is 1.83. The maximum absolute atomic E-state index is 14.4. The number of pyridine rings is 1. The predicted octanol–water partition coefficient (Wildman–Crippen LogP) is 5.18. The fraction of sp³-hybridized carbons (Fsp3) is 0.682. The van der Waals surface area contributed by atoms with Gasteiger partial charge in [0.2, 0.25) is 0 Å². The molecule has 2 aromatic rings. The maximum atomic E-state index is 14.4. The van der Waals surface area contributed by atoms with E-state index in [1.165, 1.54) is 0 Å². The van der Waals surface area contributed by atoms with Gasteiger partial charge in [0.25, 0.3) is 0 Å². The van der Waals surface area contributed by atoms with Crippen LogP contribution in [-0.4, -0.2) is 136 Å². The van der Waals surface area contributed by atoms with Crippen molar-refractivity contribution >= 4 is 22.9 Å². The molecule has 0 amide bonds. The van der Waals surface area contributed by atoms with Gasteiger partial charge in [-0.3, -0.25) is 14.7 Å². The monoisotopic (exact) mass is 781 g/mol. The molecule has 2 unspecified atom stereocenters. The lowest BCUT2D eigenvalue weighted by Crippen LogP contribution is -2.60. The van der Waals surface area contributed by atoms with Crippen LogP contribution in [0, 0.1) is 17.8 Å². The van der Waals surface area contributed by atoms with E-state index in [1.807, 2.05) is 77.0 Å². The summed E-state index contributed by atoms with van der Waals surface area (Å²) in [5.41, 5.74) is -1.40. The molecule has 4 heterocycles. The number of aromatic nitrogens is 1. The van der Waals surface area contributed by atoms with Crippen LogP contribution in [0.15, 0.2) is 55.4 Å². The van der Waals surface area contributed by atoms with Crippen molar-refractivity contribution in [2.24, 2.45) is 17.8 Å². The van der Waals surface area contributed by atoms with Crippen LogP contribution in [0.4, 0.5) is 0 Å². The molecule has 3 N–H and O–H groups in total. The molecule has 12 heteroatoms. The van der Waals surface area contributed by atoms with Gasteiger partial charge in [0, 0.05) is 42.7 Å². The molecule has 3 aliphatic rings. The molecule has 2 bridgehead atoms. The number of esters is 1. The van der Waals surface area contributed by atoms with Gasteiger partial charge in [-0.25, -0.2) is 0 Å². The van der Waals surface area contributed by atoms with E-state index in [9.17, 15) is 20.1 Å². The Morgan fingerprint density at radius 1 is 1.09 bits per heavy atom. The van der Waals surface area contributed by atoms with Crippen LogP contribution < -0.4 is 0 Å². The second-order valence-electron chi connectivity index (χ2n) is 17.4. The highest BCUT2D eigenvalue weighted by Gasteiger charge is 2.52. The van der Waals surface area contributed by atoms with Crippen LogP contribution in [0.3, 0.4) is 0 Å². The van der Waals surface area contributed by atoms with Crippen molar-refractivity contribution in [2.45, 2.75) is 147 Å². The van der Waals surface area contributed by atoms with E-state index in [0.717, 1.165) is 16.5 Å². The van der Waals surface area contributed by atoms with Crippen molar-refractivity contribution in [1.82, 2.24) is 14.8 Å². The van der Waals surface area contributed by atoms with Crippen molar-refractivity contribution in [1.29, 1.82) is 0 Å². The minimum atomic E-state index is -1.54. The average Bonchev–Trinajstić information content (AvgIpc) is 3.33. The largest absolute Gasteiger partial charge is 0.497 e. The van der Waals surface area contributed by atoms with Crippen LogP contribution in [0.5, 0.6) is 0 Å². The number of hydrogen-bond donors (Lipinski definition) is 3. The van der Waals surface area contributed by atoms with Gasteiger partial charge in [0.05, 0.1) is 47.7 Å². The van der Waals surface area contributed by atoms with Crippen molar-refractivity contribution < 1.29 is 43.8 Å². The number of likely N-dealkylation sites (N-methyl/N-ethyl adjacent to an activating group) is 1. The van der Waals surface area contributed by atoms with E-state index in [1.54, 1.807) is 45.4 Å². The summed E-state index contributed by atoms with van der Waals surface area (Å²) in [6.45, 7) is 20.0. The van der Waals surface area contributed by atoms with E-state index >= 15 is 0 Å². The summed E-state index contributed by atoms with van der Waals surface area (Å²) in [5.74, 6) is -2.31. The Bertz CT molecular complexity index is 1650. The van der Waals surface area contributed by atoms with Gasteiger partial charge in [-0.05, 0) is 97.7 Å². The lowest BCUT2D eigenvalue weighted by atomic mass is 9.78. The molecular formula is C44H67N3O9. The van der Waals surface area contributed by atoms with Crippen LogP contribution >= 0.6 is 0 Å². The van der Waals surface area contributed by atoms with E-state index in [2.05, 4.69) is 23.4 Å². The molecule has 3 fully saturated rings. The molecule has 0 spiro atoms. The molecule has 1 aromatic carbocycles. The fourth-order valence-corrected chi connectivity index (χ4v) is 9.26. The number of benzene rings is 1. The van der Waals surface area contributed by atoms with Crippen LogP contribution in [0.2, 0.25) is 0 Å². The second-order valence-corrected chi connectivity index (χ2v) is 17.4. The number of para-hydroxylation sites is 1. The lowest BCUT2D eigenvalue weighted by molar-refractivity contribution is -0.299. The van der Waals surface area contributed by atoms with E-state index < -0.39 is 71.9 Å². The Morgan fingerprint density at radius 2 is 1.80 bits per heavy atom. The molecule has 1 aromatic heterocycles. The standard InChI is InChI=1S/C44H67N3O9/c1-12-33-25-47-24-26(3)39(54-33)44(9,51)36(13-2)55-41(49)30(7)38(52-19-18-31-21-32-16-14-15-17-34(32)45-23-31)29(6)40(43(8,50)22-27(47)4)56-42-37(48)35(46(10)11)20-28(5)53-42/h12,14-19,21,23,26-30,33,35-40,42,48,50-51H,1,13,20,22,24-25H2,2-11H3/b19-18+/t26-,27+,28+,29-,30+,33?,35-,36+,37+,38-,39+,40+,42-,43+,44+/m0/s1. The van der Waals surface area contributed by atoms with Crippen LogP contribution in [0.25, 0.3) is 17.0 Å². The fourth-order valence-electron chi connectivity index (χ4n) is 9.26. The normalized spacial score (nSPS) is 41.9. The van der Waals surface area contributed by atoms with Crippen molar-refractivity contribution in [2.75, 3.05) is 27.2 Å². The first kappa shape index (κ1) is 44.2. The van der Waals surface area contributed by atoms with Gasteiger partial charge < -0.3 is 43.9 Å². The molecule has 312 valence electrons. The molecule has 3 aliphatic heterocycles. The van der Waals surface area contributed by atoms with Crippen LogP contribution in [0.1, 0.15) is 80.2 Å². The predicted molar refractivity (Wildman–Crippen MR) is 216 cm³/mol. The Balaban J connectivity index is 1.59. The van der Waals surface area contributed by atoms with Crippen LogP contribution in [-0.2, 0) is 28.5 Å². The molecule has 5 rings (SSSR count). The third-order valence-corrected chi connectivity index (χ3v) is 12.4. The third-order valence-electron chi connectivity index (χ3n) is 12.4. The average molecular weight is 782 g/mol. The van der Waals surface area contributed by atoms with Gasteiger partial charge in [-0.15, -0.1) is 6.58 Å². The number of hydrogen-bond acceptors (Lipinski definition) is 12. The first-order valence-corrected chi connectivity index (χ1v) is 20.4. The lowest BCUT2D eigenvalue weighted by Gasteiger charge is -2.47. The van der Waals surface area contributed by atoms with E-state index in [-0.39, 0.29) is 30.5 Å². The SMILES string of the molecule is C=CC1CN2C[C@H](C)[C@@H](O1)[C@](C)(O)[C@@H](CC)OC(=O)[C@H](C)[C@@H](O/C=C/c1cnc3ccccc3c1)[C@H](C)[C@@H](O[C@@H]1O[C@H](C)C[C@H](N(C)C)[C@H]1O)[C@](C)(O)C[C@H]2C. The first-order valence-electron chi connectivity index (χ1n) is 20.4. The van der Waals surface area contributed by atoms with E-state index in [0.29, 0.717) is 25.9 Å². The van der Waals surface area contributed by atoms with Crippen molar-refractivity contribution in [3.8, 4) is 0 Å². The number of carbonyl (C=O) groups excluding carboxylic acids is 1. The number of cyclic esters (lactones) is 1. The summed E-state index contributed by atoms with van der Waals surface area (Å²) in [5, 5.41) is 37.6. The topological polar surface area (TPSA) is 143 Å². The van der Waals surface area contributed by atoms with Gasteiger partial charge >= 0.3 is 5.97 Å². The molecule has 16 atom stereocenters. The summed E-state index contributed by atoms with van der Waals surface area (Å²) >= 11 is 0. The minimum absolute atomic E-state index is 0.176. The molecule has 3 saturated heterocycles. The zero-order valence-corrected chi connectivity index (χ0v) is 35.1. The third kappa shape index (κ3) is 9.84. The summed E-state index contributed by atoms with van der Waals surface area (Å²) in [6, 6.07) is 9.40. The number of nitrogens with zero attached hydrogens (tertiary/aromatic N) is 3. The zero-order valence-electron chi connectivity index (χ0n) is 35.1. The number of fused-ring (bicyclic) bond motifs is 4. The highest BCUT2D eigenvalue weighted by molar-refractivity contribution is 5.80. The number of rotatable bonds is 8. The highest BCUT2D eigenvalue weighted by atomic mass is 16.7. The quantitative estimate of drug-likeness (QED) is 0.185. The summed E-state index contributed by atoms with van der Waals surface area (Å²) < 4.78 is 32.4. The number of aliphatic hydroxyl groups excluding tert-OH is 1. The van der Waals surface area contributed by atoms with Crippen molar-refractivity contribution in [3.63, 3.8) is 0 Å². The first-order chi connectivity index (χ1) is 26.4. The number of ether oxygens (including phenoxy) is 5. The van der Waals surface area contributed by atoms with Gasteiger partial charge in [0.15, 0.2) is 6.29 Å². The minimum Gasteiger partial charge on any atom is -0.497 e. The molecule has 56 heavy (non-hydrogen) atoms. The molecule has 0 radical (unpaired) electrons. The molecule has 12 nitrogen and oxygen atoms in total. The summed E-state index contributed by atoms with van der Waals surface area (Å²) in [4.78, 5) is 23.1. The molecule has 0 saturated carbocycles. The van der Waals surface area contributed by atoms with Gasteiger partial charge in [0.1, 0.15) is 23.9 Å². The zero-order chi connectivity index (χ0) is 41.1. The Kier molecular flexibility index (Phi) is 14.5. The Hall–Kier alpha value is -2.94. The van der Waals surface area contributed by atoms with E-state index in [4.69, 9.17) is 23.7 Å². The van der Waals surface area contributed by atoms with Gasteiger partial charge in [-0.2, -0.15) is 0 Å². The van der Waals surface area contributed by atoms with Gasteiger partial charge in [-0.1, -0.05) is 45.0 Å². The highest BCUT2D eigenvalue weighted by Crippen LogP contribution is 2.39. The Morgan fingerprint density at radius 3 is 2.48 bits per heavy atom. The smallest absolute Gasteiger partial charge is 0.312 e. The maximum Gasteiger partial charge on any atom is 0.312 e. The number of aliphatic hydroxyl groups is 3. The Labute approximate surface area is 333 Å². The second kappa shape index (κ2) is 18.3.